The fourth-order valence-corrected chi connectivity index (χ4v) is 3.00. The number of benzene rings is 1. The highest BCUT2D eigenvalue weighted by Crippen LogP contribution is 2.26. The Bertz CT molecular complexity index is 703. The fraction of sp³-hybridized carbons (Fsp3) is 0.286. The topological polar surface area (TPSA) is 75.3 Å². The van der Waals surface area contributed by atoms with Gasteiger partial charge >= 0.3 is 0 Å². The molecule has 2 rings (SSSR count). The molecule has 21 heavy (non-hydrogen) atoms. The summed E-state index contributed by atoms with van der Waals surface area (Å²) >= 11 is 2.01. The molecule has 0 heterocycles. The summed E-state index contributed by atoms with van der Waals surface area (Å²) in [6.45, 7) is 1.11. The Morgan fingerprint density at radius 1 is 1.29 bits per heavy atom. The molecule has 0 spiro atoms. The first-order valence-corrected chi connectivity index (χ1v) is 9.05. The number of fused-ring (bicyclic) bond motifs is 1. The summed E-state index contributed by atoms with van der Waals surface area (Å²) in [6.07, 6.45) is 4.20. The molecular formula is C14H15IN2O3S. The van der Waals surface area contributed by atoms with Gasteiger partial charge in [0.05, 0.1) is 9.29 Å². The standard InChI is InChI=1S/C14H15IN2O3S/c15-9-14(18)17-8-7-16-12-5-1-4-11-10(12)3-2-6-13(11)21(19)20/h1-5,16H,6-9H2,(H,17,18). The van der Waals surface area contributed by atoms with Crippen molar-refractivity contribution >= 4 is 55.4 Å². The maximum atomic E-state index is 11.3. The lowest BCUT2D eigenvalue weighted by Crippen LogP contribution is -2.29. The SMILES string of the molecule is O=C(CI)NCCNc1cccc2c1C=CCC2=S(=O)=O. The Balaban J connectivity index is 2.13. The van der Waals surface area contributed by atoms with Crippen molar-refractivity contribution in [3.8, 4) is 0 Å². The van der Waals surface area contributed by atoms with Gasteiger partial charge in [0.15, 0.2) is 0 Å². The number of hydrogen-bond acceptors (Lipinski definition) is 4. The van der Waals surface area contributed by atoms with E-state index in [4.69, 9.17) is 0 Å². The zero-order valence-electron chi connectivity index (χ0n) is 11.2. The van der Waals surface area contributed by atoms with Crippen LogP contribution in [0, 0.1) is 0 Å². The monoisotopic (exact) mass is 418 g/mol. The van der Waals surface area contributed by atoms with E-state index in [0.717, 1.165) is 16.8 Å². The molecule has 0 atom stereocenters. The van der Waals surface area contributed by atoms with Crippen LogP contribution in [-0.2, 0) is 15.1 Å². The van der Waals surface area contributed by atoms with Crippen molar-refractivity contribution in [3.05, 3.63) is 35.4 Å². The van der Waals surface area contributed by atoms with Gasteiger partial charge in [-0.1, -0.05) is 46.9 Å². The fourth-order valence-electron chi connectivity index (χ4n) is 2.14. The van der Waals surface area contributed by atoms with Crippen molar-refractivity contribution in [3.63, 3.8) is 0 Å². The summed E-state index contributed by atoms with van der Waals surface area (Å²) in [5, 5.41) is 6.01. The molecule has 5 nitrogen and oxygen atoms in total. The third-order valence-electron chi connectivity index (χ3n) is 3.08. The lowest BCUT2D eigenvalue weighted by atomic mass is 9.96. The smallest absolute Gasteiger partial charge is 0.229 e. The van der Waals surface area contributed by atoms with E-state index in [1.165, 1.54) is 0 Å². The quantitative estimate of drug-likeness (QED) is 0.329. The maximum Gasteiger partial charge on any atom is 0.229 e. The number of carbonyl (C=O) groups is 1. The van der Waals surface area contributed by atoms with Crippen LogP contribution in [0.2, 0.25) is 0 Å². The highest BCUT2D eigenvalue weighted by molar-refractivity contribution is 14.1. The van der Waals surface area contributed by atoms with Crippen molar-refractivity contribution in [2.24, 2.45) is 0 Å². The van der Waals surface area contributed by atoms with Crippen LogP contribution >= 0.6 is 22.6 Å². The number of alkyl halides is 1. The Kier molecular flexibility index (Phi) is 5.80. The molecule has 0 fully saturated rings. The minimum atomic E-state index is -2.21. The first-order chi connectivity index (χ1) is 10.1. The van der Waals surface area contributed by atoms with Crippen molar-refractivity contribution < 1.29 is 13.2 Å². The maximum absolute atomic E-state index is 11.3. The number of amides is 1. The Hall–Kier alpha value is -1.35. The normalized spacial score (nSPS) is 12.7. The minimum Gasteiger partial charge on any atom is -0.383 e. The molecule has 0 aliphatic heterocycles. The summed E-state index contributed by atoms with van der Waals surface area (Å²) < 4.78 is 23.0. The van der Waals surface area contributed by atoms with Gasteiger partial charge in [-0.25, -0.2) is 0 Å². The average Bonchev–Trinajstić information content (AvgIpc) is 2.50. The van der Waals surface area contributed by atoms with Gasteiger partial charge in [-0.15, -0.1) is 0 Å². The van der Waals surface area contributed by atoms with Crippen LogP contribution in [0.3, 0.4) is 0 Å². The van der Waals surface area contributed by atoms with E-state index in [0.29, 0.717) is 28.8 Å². The predicted molar refractivity (Wildman–Crippen MR) is 93.5 cm³/mol. The van der Waals surface area contributed by atoms with Crippen LogP contribution in [0.5, 0.6) is 0 Å². The molecule has 0 radical (unpaired) electrons. The lowest BCUT2D eigenvalue weighted by molar-refractivity contribution is -0.118. The zero-order valence-corrected chi connectivity index (χ0v) is 14.2. The van der Waals surface area contributed by atoms with Crippen LogP contribution in [0.25, 0.3) is 6.08 Å². The molecular weight excluding hydrogens is 403 g/mol. The van der Waals surface area contributed by atoms with Crippen molar-refractivity contribution in [2.75, 3.05) is 22.8 Å². The van der Waals surface area contributed by atoms with Gasteiger partial charge in [-0.3, -0.25) is 4.79 Å². The Morgan fingerprint density at radius 3 is 2.81 bits per heavy atom. The van der Waals surface area contributed by atoms with Gasteiger partial charge in [0.25, 0.3) is 0 Å². The van der Waals surface area contributed by atoms with Crippen LogP contribution in [0.15, 0.2) is 24.3 Å². The molecule has 0 unspecified atom stereocenters. The van der Waals surface area contributed by atoms with Crippen molar-refractivity contribution in [1.29, 1.82) is 0 Å². The van der Waals surface area contributed by atoms with E-state index >= 15 is 0 Å². The average molecular weight is 418 g/mol. The van der Waals surface area contributed by atoms with Gasteiger partial charge in [0.2, 0.25) is 16.2 Å². The highest BCUT2D eigenvalue weighted by atomic mass is 127. The molecule has 0 saturated heterocycles. The Morgan fingerprint density at radius 2 is 2.10 bits per heavy atom. The second-order valence-corrected chi connectivity index (χ2v) is 6.17. The minimum absolute atomic E-state index is 0.00441. The van der Waals surface area contributed by atoms with Crippen LogP contribution in [-0.4, -0.2) is 36.7 Å². The molecule has 1 aromatic carbocycles. The second-order valence-electron chi connectivity index (χ2n) is 4.44. The molecule has 1 aromatic rings. The highest BCUT2D eigenvalue weighted by Gasteiger charge is 2.15. The summed E-state index contributed by atoms with van der Waals surface area (Å²) in [7, 11) is -2.21. The largest absolute Gasteiger partial charge is 0.383 e. The number of halogens is 1. The molecule has 112 valence electrons. The number of anilines is 1. The molecule has 0 saturated carbocycles. The number of hydrogen-bond donors (Lipinski definition) is 2. The van der Waals surface area contributed by atoms with Crippen molar-refractivity contribution in [1.82, 2.24) is 5.32 Å². The first kappa shape index (κ1) is 16.0. The molecule has 2 N–H and O–H groups in total. The summed E-state index contributed by atoms with van der Waals surface area (Å²) in [5.41, 5.74) is 2.49. The second kappa shape index (κ2) is 7.60. The van der Waals surface area contributed by atoms with E-state index in [1.54, 1.807) is 0 Å². The van der Waals surface area contributed by atoms with Gasteiger partial charge < -0.3 is 10.6 Å². The van der Waals surface area contributed by atoms with E-state index < -0.39 is 10.3 Å². The summed E-state index contributed by atoms with van der Waals surface area (Å²) in [6, 6.07) is 5.55. The Labute approximate surface area is 138 Å². The predicted octanol–water partition coefficient (Wildman–Crippen LogP) is 1.47. The summed E-state index contributed by atoms with van der Waals surface area (Å²) in [5.74, 6) is 0.00441. The van der Waals surface area contributed by atoms with Gasteiger partial charge in [0.1, 0.15) is 0 Å². The number of allylic oxidation sites excluding steroid dienone is 1. The van der Waals surface area contributed by atoms with Gasteiger partial charge in [-0.05, 0) is 6.07 Å². The van der Waals surface area contributed by atoms with E-state index in [-0.39, 0.29) is 5.91 Å². The number of rotatable bonds is 5. The number of carbonyl (C=O) groups excluding carboxylic acids is 1. The lowest BCUT2D eigenvalue weighted by Gasteiger charge is -2.16. The molecule has 0 aromatic heterocycles. The van der Waals surface area contributed by atoms with E-state index in [9.17, 15) is 13.2 Å². The number of nitrogens with one attached hydrogen (secondary N) is 2. The molecule has 1 amide bonds. The van der Waals surface area contributed by atoms with Crippen LogP contribution in [0.1, 0.15) is 17.5 Å². The molecule has 7 heteroatoms. The zero-order chi connectivity index (χ0) is 15.2. The third-order valence-corrected chi connectivity index (χ3v) is 4.56. The molecule has 0 bridgehead atoms. The molecule has 1 aliphatic rings. The van der Waals surface area contributed by atoms with E-state index in [2.05, 4.69) is 10.6 Å². The summed E-state index contributed by atoms with van der Waals surface area (Å²) in [4.78, 5) is 11.6. The third kappa shape index (κ3) is 4.07. The molecule has 1 aliphatic carbocycles. The van der Waals surface area contributed by atoms with Crippen LogP contribution in [0.4, 0.5) is 5.69 Å². The van der Waals surface area contributed by atoms with Gasteiger partial charge in [0, 0.05) is 36.3 Å². The van der Waals surface area contributed by atoms with Crippen LogP contribution < -0.4 is 10.6 Å². The van der Waals surface area contributed by atoms with Crippen molar-refractivity contribution in [2.45, 2.75) is 6.42 Å². The van der Waals surface area contributed by atoms with E-state index in [1.807, 2.05) is 52.9 Å². The van der Waals surface area contributed by atoms with Gasteiger partial charge in [-0.2, -0.15) is 8.42 Å². The first-order valence-electron chi connectivity index (χ1n) is 6.45.